The van der Waals surface area contributed by atoms with Crippen molar-refractivity contribution in [2.45, 2.75) is 110 Å². The summed E-state index contributed by atoms with van der Waals surface area (Å²) in [5.41, 5.74) is 0. The van der Waals surface area contributed by atoms with Crippen molar-refractivity contribution in [3.8, 4) is 0 Å². The molecule has 0 saturated heterocycles. The number of aliphatic imine (C=N–C) groups is 1. The number of quaternary nitrogens is 1. The maximum absolute atomic E-state index is 9.48. The molecule has 152 valence electrons. The average molecular weight is 366 g/mol. The van der Waals surface area contributed by atoms with Crippen LogP contribution >= 0.6 is 0 Å². The molecule has 0 fully saturated rings. The van der Waals surface area contributed by atoms with E-state index in [1.165, 1.54) is 95.7 Å². The van der Waals surface area contributed by atoms with E-state index in [1.54, 1.807) is 0 Å². The van der Waals surface area contributed by atoms with Gasteiger partial charge in [0.25, 0.3) is 0 Å². The van der Waals surface area contributed by atoms with Crippen LogP contribution in [-0.4, -0.2) is 35.1 Å². The van der Waals surface area contributed by atoms with Gasteiger partial charge in [0.2, 0.25) is 5.84 Å². The van der Waals surface area contributed by atoms with Crippen molar-refractivity contribution in [2.75, 3.05) is 19.7 Å². The summed E-state index contributed by atoms with van der Waals surface area (Å²) in [5.74, 6) is 1.28. The van der Waals surface area contributed by atoms with Crippen LogP contribution in [0.1, 0.15) is 110 Å². The molecule has 0 saturated carbocycles. The van der Waals surface area contributed by atoms with Gasteiger partial charge in [0, 0.05) is 6.42 Å². The lowest BCUT2D eigenvalue weighted by Gasteiger charge is -2.32. The molecule has 0 aromatic rings. The highest BCUT2D eigenvalue weighted by Gasteiger charge is 2.33. The topological polar surface area (TPSA) is 32.6 Å². The molecular weight excluding hydrogens is 320 g/mol. The molecule has 1 rings (SSSR count). The first kappa shape index (κ1) is 23.4. The quantitative estimate of drug-likeness (QED) is 0.216. The van der Waals surface area contributed by atoms with E-state index in [2.05, 4.69) is 25.0 Å². The second-order valence-corrected chi connectivity index (χ2v) is 8.04. The van der Waals surface area contributed by atoms with Crippen molar-refractivity contribution in [2.24, 2.45) is 4.99 Å². The van der Waals surface area contributed by atoms with Gasteiger partial charge in [0.05, 0.1) is 19.4 Å². The van der Waals surface area contributed by atoms with Crippen LogP contribution < -0.4 is 0 Å². The van der Waals surface area contributed by atoms with Crippen molar-refractivity contribution in [3.63, 3.8) is 0 Å². The van der Waals surface area contributed by atoms with E-state index in [0.29, 0.717) is 0 Å². The molecule has 0 aromatic carbocycles. The Hall–Kier alpha value is -0.670. The fourth-order valence-corrected chi connectivity index (χ4v) is 4.00. The van der Waals surface area contributed by atoms with Crippen molar-refractivity contribution >= 4 is 5.84 Å². The largest absolute Gasteiger partial charge is 0.390 e. The number of hydrogen-bond acceptors (Lipinski definition) is 2. The summed E-state index contributed by atoms with van der Waals surface area (Å²) in [6, 6.07) is 0. The number of rotatable bonds is 18. The van der Waals surface area contributed by atoms with Crippen LogP contribution in [0.25, 0.3) is 0 Å². The first-order chi connectivity index (χ1) is 12.8. The van der Waals surface area contributed by atoms with Gasteiger partial charge in [-0.3, -0.25) is 0 Å². The normalized spacial score (nSPS) is 19.3. The third-order valence-electron chi connectivity index (χ3n) is 5.75. The highest BCUT2D eigenvalue weighted by Crippen LogP contribution is 2.22. The molecule has 1 unspecified atom stereocenters. The molecule has 0 spiro atoms. The van der Waals surface area contributed by atoms with Crippen LogP contribution in [0.15, 0.2) is 17.4 Å². The first-order valence-electron chi connectivity index (χ1n) is 11.5. The lowest BCUT2D eigenvalue weighted by atomic mass is 10.0. The number of hydrogen-bond donors (Lipinski definition) is 1. The molecule has 3 nitrogen and oxygen atoms in total. The molecule has 3 heteroatoms. The summed E-state index contributed by atoms with van der Waals surface area (Å²) in [6.07, 6.45) is 24.3. The Morgan fingerprint density at radius 1 is 0.731 bits per heavy atom. The zero-order chi connectivity index (χ0) is 18.9. The molecule has 0 bridgehead atoms. The smallest absolute Gasteiger partial charge is 0.207 e. The van der Waals surface area contributed by atoms with Crippen LogP contribution in [0.3, 0.4) is 0 Å². The number of amidine groups is 1. The Bertz CT molecular complexity index is 392. The lowest BCUT2D eigenvalue weighted by Crippen LogP contribution is -2.49. The Morgan fingerprint density at radius 2 is 1.27 bits per heavy atom. The summed E-state index contributed by atoms with van der Waals surface area (Å²) in [5, 5.41) is 9.48. The fourth-order valence-electron chi connectivity index (χ4n) is 4.00. The first-order valence-corrected chi connectivity index (χ1v) is 11.5. The van der Waals surface area contributed by atoms with Crippen molar-refractivity contribution in [1.29, 1.82) is 0 Å². The Kier molecular flexibility index (Phi) is 13.8. The van der Waals surface area contributed by atoms with Crippen LogP contribution in [0, 0.1) is 0 Å². The van der Waals surface area contributed by atoms with Gasteiger partial charge in [-0.1, -0.05) is 90.9 Å². The average Bonchev–Trinajstić information content (AvgIpc) is 3.04. The summed E-state index contributed by atoms with van der Waals surface area (Å²) in [4.78, 5) is 4.65. The van der Waals surface area contributed by atoms with E-state index in [1.807, 2.05) is 6.20 Å². The third-order valence-corrected chi connectivity index (χ3v) is 5.75. The highest BCUT2D eigenvalue weighted by atomic mass is 16.3. The van der Waals surface area contributed by atoms with Gasteiger partial charge >= 0.3 is 0 Å². The molecule has 26 heavy (non-hydrogen) atoms. The molecule has 1 heterocycles. The summed E-state index contributed by atoms with van der Waals surface area (Å²) in [7, 11) is 0. The van der Waals surface area contributed by atoms with Crippen molar-refractivity contribution < 1.29 is 9.59 Å². The maximum atomic E-state index is 9.48. The number of unbranched alkanes of at least 4 members (excludes halogenated alkanes) is 12. The van der Waals surface area contributed by atoms with Gasteiger partial charge in [0.15, 0.2) is 0 Å². The molecule has 0 aromatic heterocycles. The van der Waals surface area contributed by atoms with Gasteiger partial charge in [-0.2, -0.15) is 0 Å². The molecule has 0 radical (unpaired) electrons. The predicted octanol–water partition coefficient (Wildman–Crippen LogP) is 6.57. The number of aliphatic hydroxyl groups is 1. The second-order valence-electron chi connectivity index (χ2n) is 8.04. The highest BCUT2D eigenvalue weighted by molar-refractivity contribution is 5.78. The Labute approximate surface area is 163 Å². The number of nitrogens with zero attached hydrogens (tertiary/aromatic N) is 2. The van der Waals surface area contributed by atoms with E-state index in [4.69, 9.17) is 0 Å². The monoisotopic (exact) mass is 365 g/mol. The van der Waals surface area contributed by atoms with E-state index in [9.17, 15) is 5.11 Å². The Balaban J connectivity index is 2.06. The van der Waals surface area contributed by atoms with Gasteiger partial charge in [0.1, 0.15) is 12.7 Å². The standard InChI is InChI=1S/C23H45N2O/c1-3-5-7-8-9-10-11-12-13-14-15-16-17-23-24-18-20-25(23,21-22-26)19-6-4-2/h18,20,26H,3-17,19,21-22H2,1-2H3/q+1. The minimum atomic E-state index is 0.242. The number of aliphatic hydroxyl groups excluding tert-OH is 1. The summed E-state index contributed by atoms with van der Waals surface area (Å²) in [6.45, 7) is 6.63. The molecule has 0 amide bonds. The van der Waals surface area contributed by atoms with E-state index in [0.717, 1.165) is 24.0 Å². The van der Waals surface area contributed by atoms with Gasteiger partial charge in [-0.15, -0.1) is 0 Å². The molecule has 1 aliphatic rings. The summed E-state index contributed by atoms with van der Waals surface area (Å²) >= 11 is 0. The zero-order valence-corrected chi connectivity index (χ0v) is 17.7. The predicted molar refractivity (Wildman–Crippen MR) is 114 cm³/mol. The molecule has 0 aliphatic carbocycles. The van der Waals surface area contributed by atoms with Crippen LogP contribution in [-0.2, 0) is 0 Å². The molecule has 1 atom stereocenters. The van der Waals surface area contributed by atoms with Crippen LogP contribution in [0.4, 0.5) is 0 Å². The minimum absolute atomic E-state index is 0.242. The Morgan fingerprint density at radius 3 is 1.81 bits per heavy atom. The zero-order valence-electron chi connectivity index (χ0n) is 17.7. The van der Waals surface area contributed by atoms with E-state index in [-0.39, 0.29) is 6.61 Å². The molecule has 1 aliphatic heterocycles. The van der Waals surface area contributed by atoms with Gasteiger partial charge in [-0.05, 0) is 12.8 Å². The third kappa shape index (κ3) is 9.32. The van der Waals surface area contributed by atoms with Gasteiger partial charge < -0.3 is 5.11 Å². The van der Waals surface area contributed by atoms with Crippen LogP contribution in [0.5, 0.6) is 0 Å². The molecular formula is C23H45N2O+. The fraction of sp³-hybridized carbons (Fsp3) is 0.870. The molecule has 1 N–H and O–H groups in total. The second kappa shape index (κ2) is 15.4. The minimum Gasteiger partial charge on any atom is -0.390 e. The lowest BCUT2D eigenvalue weighted by molar-refractivity contribution is -0.788. The summed E-state index contributed by atoms with van der Waals surface area (Å²) < 4.78 is 0.808. The van der Waals surface area contributed by atoms with Crippen molar-refractivity contribution in [3.05, 3.63) is 12.4 Å². The SMILES string of the molecule is CCCCCCCCCCCCCCC1=NC=C[N+]1(CCO)CCCC. The van der Waals surface area contributed by atoms with Crippen molar-refractivity contribution in [1.82, 2.24) is 0 Å². The van der Waals surface area contributed by atoms with Gasteiger partial charge in [-0.25, -0.2) is 9.48 Å². The maximum Gasteiger partial charge on any atom is 0.207 e. The van der Waals surface area contributed by atoms with E-state index >= 15 is 0 Å². The van der Waals surface area contributed by atoms with Crippen LogP contribution in [0.2, 0.25) is 0 Å². The van der Waals surface area contributed by atoms with E-state index < -0.39 is 0 Å².